The molecule has 2 heterocycles. The minimum absolute atomic E-state index is 0.505. The molecular formula is C14H21N3S. The average Bonchev–Trinajstić information content (AvgIpc) is 2.70. The van der Waals surface area contributed by atoms with Crippen molar-refractivity contribution in [2.24, 2.45) is 5.92 Å². The Bertz CT molecular complexity index is 425. The highest BCUT2D eigenvalue weighted by Crippen LogP contribution is 2.20. The molecule has 2 rings (SSSR count). The summed E-state index contributed by atoms with van der Waals surface area (Å²) in [5, 5.41) is 9.92. The van der Waals surface area contributed by atoms with Gasteiger partial charge in [-0.3, -0.25) is 0 Å². The molecule has 18 heavy (non-hydrogen) atoms. The summed E-state index contributed by atoms with van der Waals surface area (Å²) in [5.74, 6) is 0.894. The van der Waals surface area contributed by atoms with Crippen LogP contribution in [0.1, 0.15) is 35.3 Å². The fourth-order valence-corrected chi connectivity index (χ4v) is 3.36. The molecule has 4 heteroatoms. The normalized spacial score (nSPS) is 17.8. The van der Waals surface area contributed by atoms with Crippen LogP contribution in [0.4, 0.5) is 0 Å². The first kappa shape index (κ1) is 13.5. The zero-order valence-corrected chi connectivity index (χ0v) is 12.1. The first-order chi connectivity index (χ1) is 8.69. The fourth-order valence-electron chi connectivity index (χ4n) is 2.37. The van der Waals surface area contributed by atoms with Crippen LogP contribution in [0.2, 0.25) is 0 Å². The number of thiazole rings is 1. The lowest BCUT2D eigenvalue weighted by Crippen LogP contribution is -2.34. The highest BCUT2D eigenvalue weighted by atomic mass is 32.1. The van der Waals surface area contributed by atoms with Crippen LogP contribution in [0.15, 0.2) is 0 Å². The Morgan fingerprint density at radius 1 is 1.44 bits per heavy atom. The van der Waals surface area contributed by atoms with Crippen molar-refractivity contribution in [3.05, 3.63) is 15.6 Å². The molecule has 0 bridgehead atoms. The zero-order chi connectivity index (χ0) is 13.0. The number of rotatable bonds is 4. The molecule has 1 aliphatic heterocycles. The van der Waals surface area contributed by atoms with Crippen LogP contribution in [-0.2, 0) is 12.8 Å². The van der Waals surface area contributed by atoms with E-state index in [0.717, 1.165) is 29.5 Å². The lowest BCUT2D eigenvalue weighted by atomic mass is 9.99. The second-order valence-electron chi connectivity index (χ2n) is 5.23. The SMILES string of the molecule is Cc1nc(CCN2CCC(C)CC2)sc1CC#N. The summed E-state index contributed by atoms with van der Waals surface area (Å²) in [4.78, 5) is 8.25. The second kappa shape index (κ2) is 6.31. The molecule has 0 amide bonds. The first-order valence-corrected chi connectivity index (χ1v) is 7.55. The molecular weight excluding hydrogens is 242 g/mol. The molecule has 1 aliphatic rings. The smallest absolute Gasteiger partial charge is 0.0944 e. The molecule has 0 spiro atoms. The maximum absolute atomic E-state index is 8.73. The van der Waals surface area contributed by atoms with Gasteiger partial charge in [-0.2, -0.15) is 5.26 Å². The Morgan fingerprint density at radius 2 is 2.17 bits per heavy atom. The number of hydrogen-bond acceptors (Lipinski definition) is 4. The molecule has 1 aromatic rings. The van der Waals surface area contributed by atoms with Gasteiger partial charge in [0.2, 0.25) is 0 Å². The van der Waals surface area contributed by atoms with E-state index >= 15 is 0 Å². The summed E-state index contributed by atoms with van der Waals surface area (Å²) in [7, 11) is 0. The third-order valence-electron chi connectivity index (χ3n) is 3.69. The van der Waals surface area contributed by atoms with E-state index in [2.05, 4.69) is 22.9 Å². The van der Waals surface area contributed by atoms with Crippen LogP contribution in [0, 0.1) is 24.2 Å². The molecule has 0 radical (unpaired) electrons. The van der Waals surface area contributed by atoms with Crippen LogP contribution >= 0.6 is 11.3 Å². The van der Waals surface area contributed by atoms with Crippen molar-refractivity contribution in [3.63, 3.8) is 0 Å². The van der Waals surface area contributed by atoms with Crippen molar-refractivity contribution in [3.8, 4) is 6.07 Å². The highest BCUT2D eigenvalue weighted by Gasteiger charge is 2.16. The number of nitrogens with zero attached hydrogens (tertiary/aromatic N) is 3. The first-order valence-electron chi connectivity index (χ1n) is 6.73. The predicted molar refractivity (Wildman–Crippen MR) is 74.7 cm³/mol. The number of nitriles is 1. The molecule has 0 aromatic carbocycles. The maximum Gasteiger partial charge on any atom is 0.0944 e. The lowest BCUT2D eigenvalue weighted by Gasteiger charge is -2.29. The summed E-state index contributed by atoms with van der Waals surface area (Å²) >= 11 is 1.71. The quantitative estimate of drug-likeness (QED) is 0.838. The molecule has 1 saturated heterocycles. The van der Waals surface area contributed by atoms with Crippen molar-refractivity contribution < 1.29 is 0 Å². The molecule has 3 nitrogen and oxygen atoms in total. The number of hydrogen-bond donors (Lipinski definition) is 0. The van der Waals surface area contributed by atoms with Crippen molar-refractivity contribution in [2.75, 3.05) is 19.6 Å². The van der Waals surface area contributed by atoms with Crippen molar-refractivity contribution in [1.29, 1.82) is 5.26 Å². The summed E-state index contributed by atoms with van der Waals surface area (Å²) in [6, 6.07) is 2.21. The van der Waals surface area contributed by atoms with Crippen molar-refractivity contribution in [2.45, 2.75) is 39.5 Å². The Kier molecular flexibility index (Phi) is 4.73. The van der Waals surface area contributed by atoms with Gasteiger partial charge in [0.25, 0.3) is 0 Å². The van der Waals surface area contributed by atoms with Crippen molar-refractivity contribution in [1.82, 2.24) is 9.88 Å². The Labute approximate surface area is 113 Å². The van der Waals surface area contributed by atoms with Gasteiger partial charge < -0.3 is 4.90 Å². The standard InChI is InChI=1S/C14H21N3S/c1-11-4-8-17(9-5-11)10-6-14-16-12(2)13(18-14)3-7-15/h11H,3-6,8-10H2,1-2H3. The molecule has 1 aromatic heterocycles. The molecule has 0 N–H and O–H groups in total. The number of aromatic nitrogens is 1. The minimum Gasteiger partial charge on any atom is -0.303 e. The van der Waals surface area contributed by atoms with Gasteiger partial charge in [-0.15, -0.1) is 11.3 Å². The van der Waals surface area contributed by atoms with Crippen LogP contribution < -0.4 is 0 Å². The molecule has 0 aliphatic carbocycles. The number of piperidine rings is 1. The number of likely N-dealkylation sites (tertiary alicyclic amines) is 1. The monoisotopic (exact) mass is 263 g/mol. The van der Waals surface area contributed by atoms with Gasteiger partial charge in [-0.05, 0) is 38.8 Å². The summed E-state index contributed by atoms with van der Waals surface area (Å²) in [5.41, 5.74) is 1.05. The molecule has 0 atom stereocenters. The summed E-state index contributed by atoms with van der Waals surface area (Å²) < 4.78 is 0. The van der Waals surface area contributed by atoms with E-state index in [9.17, 15) is 0 Å². The fraction of sp³-hybridized carbons (Fsp3) is 0.714. The summed E-state index contributed by atoms with van der Waals surface area (Å²) in [6.45, 7) is 7.93. The van der Waals surface area contributed by atoms with Crippen LogP contribution in [0.25, 0.3) is 0 Å². The van der Waals surface area contributed by atoms with E-state index in [1.165, 1.54) is 30.9 Å². The van der Waals surface area contributed by atoms with Gasteiger partial charge in [-0.25, -0.2) is 4.98 Å². The van der Waals surface area contributed by atoms with Crippen LogP contribution in [0.5, 0.6) is 0 Å². The third-order valence-corrected chi connectivity index (χ3v) is 4.91. The lowest BCUT2D eigenvalue weighted by molar-refractivity contribution is 0.194. The molecule has 1 fully saturated rings. The molecule has 0 saturated carbocycles. The Hall–Kier alpha value is -0.920. The third kappa shape index (κ3) is 3.54. The second-order valence-corrected chi connectivity index (χ2v) is 6.39. The van der Waals surface area contributed by atoms with E-state index in [1.807, 2.05) is 6.92 Å². The molecule has 0 unspecified atom stereocenters. The van der Waals surface area contributed by atoms with Crippen molar-refractivity contribution >= 4 is 11.3 Å². The average molecular weight is 263 g/mol. The van der Waals surface area contributed by atoms with E-state index in [4.69, 9.17) is 5.26 Å². The zero-order valence-electron chi connectivity index (χ0n) is 11.3. The topological polar surface area (TPSA) is 39.9 Å². The number of aryl methyl sites for hydroxylation is 1. The maximum atomic E-state index is 8.73. The van der Waals surface area contributed by atoms with E-state index in [-0.39, 0.29) is 0 Å². The Balaban J connectivity index is 1.83. The van der Waals surface area contributed by atoms with E-state index in [1.54, 1.807) is 11.3 Å². The van der Waals surface area contributed by atoms with E-state index < -0.39 is 0 Å². The van der Waals surface area contributed by atoms with Gasteiger partial charge in [0.1, 0.15) is 0 Å². The molecule has 98 valence electrons. The van der Waals surface area contributed by atoms with Gasteiger partial charge >= 0.3 is 0 Å². The largest absolute Gasteiger partial charge is 0.303 e. The van der Waals surface area contributed by atoms with Crippen LogP contribution in [0.3, 0.4) is 0 Å². The van der Waals surface area contributed by atoms with Gasteiger partial charge in [0, 0.05) is 17.8 Å². The predicted octanol–water partition coefficient (Wildman–Crippen LogP) is 2.79. The van der Waals surface area contributed by atoms with Gasteiger partial charge in [-0.1, -0.05) is 6.92 Å². The Morgan fingerprint density at radius 3 is 2.83 bits per heavy atom. The minimum atomic E-state index is 0.505. The van der Waals surface area contributed by atoms with E-state index in [0.29, 0.717) is 6.42 Å². The van der Waals surface area contributed by atoms with Gasteiger partial charge in [0.15, 0.2) is 0 Å². The summed E-state index contributed by atoms with van der Waals surface area (Å²) in [6.07, 6.45) is 4.20. The van der Waals surface area contributed by atoms with Gasteiger partial charge in [0.05, 0.1) is 23.2 Å². The van der Waals surface area contributed by atoms with Crippen LogP contribution in [-0.4, -0.2) is 29.5 Å². The highest BCUT2D eigenvalue weighted by molar-refractivity contribution is 7.11.